The fraction of sp³-hybridized carbons (Fsp3) is 0.200. The van der Waals surface area contributed by atoms with Crippen molar-refractivity contribution >= 4 is 23.2 Å². The molecule has 3 aromatic carbocycles. The summed E-state index contributed by atoms with van der Waals surface area (Å²) in [6.07, 6.45) is 0. The third-order valence-corrected chi connectivity index (χ3v) is 4.93. The Kier molecular flexibility index (Phi) is 7.57. The SMILES string of the molecule is COc1ccc(NC(C)=O)cc1NC(=O)CN(C)[C@@H](c1ccccc1)c1ccc(F)cc1. The number of benzene rings is 3. The normalized spacial score (nSPS) is 11.7. The molecule has 0 aliphatic heterocycles. The summed E-state index contributed by atoms with van der Waals surface area (Å²) in [5, 5.41) is 5.55. The Morgan fingerprint density at radius 3 is 2.25 bits per heavy atom. The molecule has 7 heteroatoms. The van der Waals surface area contributed by atoms with Gasteiger partial charge in [-0.1, -0.05) is 42.5 Å². The van der Waals surface area contributed by atoms with E-state index in [9.17, 15) is 14.0 Å². The molecule has 0 aromatic heterocycles. The number of halogens is 1. The zero-order valence-corrected chi connectivity index (χ0v) is 18.3. The average molecular weight is 435 g/mol. The lowest BCUT2D eigenvalue weighted by Crippen LogP contribution is -2.34. The molecule has 2 amide bonds. The molecule has 0 bridgehead atoms. The largest absolute Gasteiger partial charge is 0.495 e. The maximum atomic E-state index is 13.5. The van der Waals surface area contributed by atoms with Gasteiger partial charge in [0.15, 0.2) is 0 Å². The molecule has 0 saturated carbocycles. The van der Waals surface area contributed by atoms with Crippen LogP contribution in [0.25, 0.3) is 0 Å². The topological polar surface area (TPSA) is 70.7 Å². The summed E-state index contributed by atoms with van der Waals surface area (Å²) < 4.78 is 18.8. The highest BCUT2D eigenvalue weighted by atomic mass is 19.1. The Hall–Kier alpha value is -3.71. The molecule has 2 N–H and O–H groups in total. The molecule has 0 spiro atoms. The van der Waals surface area contributed by atoms with Gasteiger partial charge < -0.3 is 15.4 Å². The summed E-state index contributed by atoms with van der Waals surface area (Å²) in [5.74, 6) is -0.300. The number of nitrogens with zero attached hydrogens (tertiary/aromatic N) is 1. The summed E-state index contributed by atoms with van der Waals surface area (Å²) >= 11 is 0. The minimum atomic E-state index is -0.313. The number of nitrogens with one attached hydrogen (secondary N) is 2. The van der Waals surface area contributed by atoms with Gasteiger partial charge in [-0.25, -0.2) is 4.39 Å². The van der Waals surface area contributed by atoms with Gasteiger partial charge in [0, 0.05) is 12.6 Å². The number of likely N-dealkylation sites (N-methyl/N-ethyl adjacent to an activating group) is 1. The number of methoxy groups -OCH3 is 1. The second kappa shape index (κ2) is 10.5. The quantitative estimate of drug-likeness (QED) is 0.548. The zero-order chi connectivity index (χ0) is 23.1. The molecule has 3 aromatic rings. The summed E-state index contributed by atoms with van der Waals surface area (Å²) in [4.78, 5) is 26.1. The number of rotatable bonds is 8. The monoisotopic (exact) mass is 435 g/mol. The third kappa shape index (κ3) is 5.92. The van der Waals surface area contributed by atoms with Crippen LogP contribution in [0.4, 0.5) is 15.8 Å². The first-order chi connectivity index (χ1) is 15.4. The Labute approximate surface area is 187 Å². The van der Waals surface area contributed by atoms with Crippen LogP contribution in [0.3, 0.4) is 0 Å². The number of carbonyl (C=O) groups excluding carboxylic acids is 2. The molecule has 0 aliphatic rings. The highest BCUT2D eigenvalue weighted by molar-refractivity contribution is 5.95. The van der Waals surface area contributed by atoms with Crippen molar-refractivity contribution < 1.29 is 18.7 Å². The van der Waals surface area contributed by atoms with Crippen molar-refractivity contribution in [3.8, 4) is 5.75 Å². The second-order valence-electron chi connectivity index (χ2n) is 7.42. The van der Waals surface area contributed by atoms with Crippen LogP contribution in [-0.4, -0.2) is 37.4 Å². The number of carbonyl (C=O) groups is 2. The Morgan fingerprint density at radius 1 is 0.969 bits per heavy atom. The molecular formula is C25H26FN3O3. The smallest absolute Gasteiger partial charge is 0.238 e. The lowest BCUT2D eigenvalue weighted by Gasteiger charge is -2.28. The van der Waals surface area contributed by atoms with Gasteiger partial charge in [0.05, 0.1) is 25.4 Å². The van der Waals surface area contributed by atoms with Crippen LogP contribution < -0.4 is 15.4 Å². The molecule has 6 nitrogen and oxygen atoms in total. The van der Waals surface area contributed by atoms with Crippen LogP contribution in [0.1, 0.15) is 24.1 Å². The second-order valence-corrected chi connectivity index (χ2v) is 7.42. The number of hydrogen-bond donors (Lipinski definition) is 2. The molecule has 3 rings (SSSR count). The van der Waals surface area contributed by atoms with Gasteiger partial charge in [-0.3, -0.25) is 14.5 Å². The van der Waals surface area contributed by atoms with E-state index in [-0.39, 0.29) is 30.2 Å². The van der Waals surface area contributed by atoms with Crippen molar-refractivity contribution in [1.82, 2.24) is 4.90 Å². The number of ether oxygens (including phenoxy) is 1. The summed E-state index contributed by atoms with van der Waals surface area (Å²) in [7, 11) is 3.35. The van der Waals surface area contributed by atoms with Crippen LogP contribution in [0.15, 0.2) is 72.8 Å². The fourth-order valence-electron chi connectivity index (χ4n) is 3.58. The fourth-order valence-corrected chi connectivity index (χ4v) is 3.58. The Bertz CT molecular complexity index is 1070. The van der Waals surface area contributed by atoms with Crippen molar-refractivity contribution in [3.05, 3.63) is 89.7 Å². The first kappa shape index (κ1) is 23.0. The maximum absolute atomic E-state index is 13.5. The zero-order valence-electron chi connectivity index (χ0n) is 18.3. The first-order valence-corrected chi connectivity index (χ1v) is 10.1. The molecular weight excluding hydrogens is 409 g/mol. The third-order valence-electron chi connectivity index (χ3n) is 4.93. The minimum absolute atomic E-state index is 0.0739. The summed E-state index contributed by atoms with van der Waals surface area (Å²) in [6.45, 7) is 1.49. The van der Waals surface area contributed by atoms with Gasteiger partial charge in [-0.2, -0.15) is 0 Å². The highest BCUT2D eigenvalue weighted by Gasteiger charge is 2.22. The van der Waals surface area contributed by atoms with Gasteiger partial charge in [-0.05, 0) is 48.5 Å². The number of hydrogen-bond acceptors (Lipinski definition) is 4. The predicted octanol–water partition coefficient (Wildman–Crippen LogP) is 4.45. The molecule has 32 heavy (non-hydrogen) atoms. The van der Waals surface area contributed by atoms with Crippen molar-refractivity contribution in [2.24, 2.45) is 0 Å². The molecule has 166 valence electrons. The van der Waals surface area contributed by atoms with Crippen molar-refractivity contribution in [2.75, 3.05) is 31.3 Å². The Balaban J connectivity index is 1.81. The highest BCUT2D eigenvalue weighted by Crippen LogP contribution is 2.30. The van der Waals surface area contributed by atoms with Crippen LogP contribution in [-0.2, 0) is 9.59 Å². The average Bonchev–Trinajstić information content (AvgIpc) is 2.76. The molecule has 0 unspecified atom stereocenters. The molecule has 0 fully saturated rings. The molecule has 0 radical (unpaired) electrons. The van der Waals surface area contributed by atoms with E-state index in [1.165, 1.54) is 26.2 Å². The van der Waals surface area contributed by atoms with Crippen LogP contribution in [0, 0.1) is 5.82 Å². The van der Waals surface area contributed by atoms with Crippen LogP contribution in [0.5, 0.6) is 5.75 Å². The van der Waals surface area contributed by atoms with Gasteiger partial charge in [0.1, 0.15) is 11.6 Å². The first-order valence-electron chi connectivity index (χ1n) is 10.1. The standard InChI is InChI=1S/C25H26FN3O3/c1-17(30)27-21-13-14-23(32-3)22(15-21)28-24(31)16-29(2)25(18-7-5-4-6-8-18)19-9-11-20(26)12-10-19/h4-15,25H,16H2,1-3H3,(H,27,30)(H,28,31)/t25-/m0/s1. The van der Waals surface area contributed by atoms with Crippen molar-refractivity contribution in [2.45, 2.75) is 13.0 Å². The van der Waals surface area contributed by atoms with Gasteiger partial charge in [-0.15, -0.1) is 0 Å². The maximum Gasteiger partial charge on any atom is 0.238 e. The van der Waals surface area contributed by atoms with Crippen molar-refractivity contribution in [3.63, 3.8) is 0 Å². The van der Waals surface area contributed by atoms with Crippen LogP contribution in [0.2, 0.25) is 0 Å². The summed E-state index contributed by atoms with van der Waals surface area (Å²) in [5.41, 5.74) is 2.86. The van der Waals surface area contributed by atoms with Crippen LogP contribution >= 0.6 is 0 Å². The van der Waals surface area contributed by atoms with E-state index in [2.05, 4.69) is 10.6 Å². The number of anilines is 2. The van der Waals surface area contributed by atoms with Gasteiger partial charge in [0.2, 0.25) is 11.8 Å². The van der Waals surface area contributed by atoms with Gasteiger partial charge >= 0.3 is 0 Å². The van der Waals surface area contributed by atoms with Crippen molar-refractivity contribution in [1.29, 1.82) is 0 Å². The lowest BCUT2D eigenvalue weighted by atomic mass is 9.97. The molecule has 1 atom stereocenters. The lowest BCUT2D eigenvalue weighted by molar-refractivity contribution is -0.117. The minimum Gasteiger partial charge on any atom is -0.495 e. The number of amides is 2. The van der Waals surface area contributed by atoms with Gasteiger partial charge in [0.25, 0.3) is 0 Å². The van der Waals surface area contributed by atoms with E-state index >= 15 is 0 Å². The predicted molar refractivity (Wildman–Crippen MR) is 123 cm³/mol. The van der Waals surface area contributed by atoms with E-state index < -0.39 is 0 Å². The van der Waals surface area contributed by atoms with E-state index in [1.54, 1.807) is 30.3 Å². The van der Waals surface area contributed by atoms with E-state index in [4.69, 9.17) is 4.74 Å². The Morgan fingerprint density at radius 2 is 1.62 bits per heavy atom. The molecule has 0 saturated heterocycles. The van der Waals surface area contributed by atoms with E-state index in [0.717, 1.165) is 11.1 Å². The molecule has 0 heterocycles. The summed E-state index contributed by atoms with van der Waals surface area (Å²) in [6, 6.07) is 20.8. The van der Waals surface area contributed by atoms with E-state index in [0.29, 0.717) is 17.1 Å². The van der Waals surface area contributed by atoms with E-state index in [1.807, 2.05) is 42.3 Å². The molecule has 0 aliphatic carbocycles.